The smallest absolute Gasteiger partial charge is 0.232 e. The Labute approximate surface area is 214 Å². The van der Waals surface area contributed by atoms with E-state index in [1.165, 1.54) is 31.3 Å². The van der Waals surface area contributed by atoms with Crippen LogP contribution < -0.4 is 14.9 Å². The van der Waals surface area contributed by atoms with Crippen molar-refractivity contribution in [2.24, 2.45) is 0 Å². The quantitative estimate of drug-likeness (QED) is 0.222. The normalized spacial score (nSPS) is 11.7. The van der Waals surface area contributed by atoms with Crippen LogP contribution >= 0.6 is 0 Å². The van der Waals surface area contributed by atoms with Crippen LogP contribution in [0.25, 0.3) is 22.2 Å². The maximum Gasteiger partial charge on any atom is 0.232 e. The molecule has 0 aliphatic rings. The van der Waals surface area contributed by atoms with Gasteiger partial charge in [0.05, 0.1) is 34.2 Å². The number of hydrogen-bond donors (Lipinski definition) is 5. The van der Waals surface area contributed by atoms with Gasteiger partial charge in [-0.1, -0.05) is 13.0 Å². The number of nitrogens with one attached hydrogen (secondary N) is 3. The lowest BCUT2D eigenvalue weighted by Gasteiger charge is -2.21. The Kier molecular flexibility index (Phi) is 7.23. The first-order valence-electron chi connectivity index (χ1n) is 11.6. The zero-order chi connectivity index (χ0) is 26.9. The number of nitrogens with zero attached hydrogens (tertiary/aromatic N) is 3. The number of aryl methyl sites for hydroxylation is 1. The number of sulfonamides is 1. The van der Waals surface area contributed by atoms with Gasteiger partial charge in [-0.05, 0) is 48.9 Å². The van der Waals surface area contributed by atoms with E-state index < -0.39 is 21.6 Å². The molecular formula is C25H29FN6O4S. The van der Waals surface area contributed by atoms with Crippen LogP contribution in [-0.4, -0.2) is 54.2 Å². The molecule has 2 heterocycles. The molecule has 0 fully saturated rings. The Balaban J connectivity index is 1.83. The topological polar surface area (TPSA) is 143 Å². The van der Waals surface area contributed by atoms with Crippen LogP contribution in [0.3, 0.4) is 0 Å². The summed E-state index contributed by atoms with van der Waals surface area (Å²) in [5.41, 5.74) is 4.03. The van der Waals surface area contributed by atoms with Gasteiger partial charge in [-0.15, -0.1) is 0 Å². The molecule has 196 valence electrons. The van der Waals surface area contributed by atoms with Crippen LogP contribution in [0.4, 0.5) is 15.9 Å². The molecular weight excluding hydrogens is 499 g/mol. The minimum atomic E-state index is -3.58. The van der Waals surface area contributed by atoms with Gasteiger partial charge in [0.25, 0.3) is 0 Å². The first kappa shape index (κ1) is 26.2. The monoisotopic (exact) mass is 528 g/mol. The molecule has 0 spiro atoms. The van der Waals surface area contributed by atoms with Gasteiger partial charge in [0, 0.05) is 31.8 Å². The highest BCUT2D eigenvalue weighted by molar-refractivity contribution is 7.92. The van der Waals surface area contributed by atoms with Crippen LogP contribution in [0.2, 0.25) is 0 Å². The van der Waals surface area contributed by atoms with Gasteiger partial charge < -0.3 is 20.8 Å². The molecule has 5 N–H and O–H groups in total. The third kappa shape index (κ3) is 5.30. The minimum absolute atomic E-state index is 0.0654. The number of anilines is 2. The molecule has 0 bridgehead atoms. The summed E-state index contributed by atoms with van der Waals surface area (Å²) in [4.78, 5) is 4.79. The Hall–Kier alpha value is -3.90. The number of rotatable bonds is 9. The van der Waals surface area contributed by atoms with E-state index in [2.05, 4.69) is 20.8 Å². The van der Waals surface area contributed by atoms with E-state index in [-0.39, 0.29) is 12.3 Å². The van der Waals surface area contributed by atoms with Gasteiger partial charge in [0.2, 0.25) is 10.0 Å². The molecule has 10 nitrogen and oxygen atoms in total. The average molecular weight is 529 g/mol. The predicted molar refractivity (Wildman–Crippen MR) is 142 cm³/mol. The SMILES string of the molecule is CCc1cc(O)c(F)cc1-c1cc2n[nH]c(CNC)c2c(NCc2ccc(O)cc2N(C)S(C)(=O)=O)n1. The molecule has 12 heteroatoms. The first-order chi connectivity index (χ1) is 17.5. The highest BCUT2D eigenvalue weighted by Gasteiger charge is 2.20. The number of H-pyrrole nitrogens is 1. The number of aromatic amines is 1. The summed E-state index contributed by atoms with van der Waals surface area (Å²) >= 11 is 0. The fourth-order valence-electron chi connectivity index (χ4n) is 4.16. The molecule has 0 saturated carbocycles. The molecule has 0 radical (unpaired) electrons. The summed E-state index contributed by atoms with van der Waals surface area (Å²) in [5, 5.41) is 34.4. The number of halogens is 1. The van der Waals surface area contributed by atoms with E-state index in [1.54, 1.807) is 19.2 Å². The van der Waals surface area contributed by atoms with Crippen LogP contribution in [0.1, 0.15) is 23.7 Å². The van der Waals surface area contributed by atoms with Crippen molar-refractivity contribution in [3.63, 3.8) is 0 Å². The summed E-state index contributed by atoms with van der Waals surface area (Å²) in [5.74, 6) is -0.780. The standard InChI is InChI=1S/C25H29FN6O4S/c1-5-14-8-23(34)18(26)10-17(14)19-11-20-24(21(13-27-2)31-30-20)25(29-19)28-12-15-6-7-16(33)9-22(15)32(3)37(4,35)36/h6-11,27,33-34H,5,12-13H2,1-4H3,(H,28,29)(H,30,31). The number of fused-ring (bicyclic) bond motifs is 1. The first-order valence-corrected chi connectivity index (χ1v) is 13.4. The Morgan fingerprint density at radius 2 is 1.86 bits per heavy atom. The van der Waals surface area contributed by atoms with E-state index in [4.69, 9.17) is 4.98 Å². The van der Waals surface area contributed by atoms with Crippen molar-refractivity contribution >= 4 is 32.4 Å². The van der Waals surface area contributed by atoms with Crippen molar-refractivity contribution < 1.29 is 23.0 Å². The van der Waals surface area contributed by atoms with Gasteiger partial charge >= 0.3 is 0 Å². The summed E-state index contributed by atoms with van der Waals surface area (Å²) in [6.45, 7) is 2.56. The summed E-state index contributed by atoms with van der Waals surface area (Å²) in [6, 6.07) is 8.90. The second-order valence-electron chi connectivity index (χ2n) is 8.69. The highest BCUT2D eigenvalue weighted by atomic mass is 32.2. The lowest BCUT2D eigenvalue weighted by Crippen LogP contribution is -2.26. The number of phenols is 2. The van der Waals surface area contributed by atoms with E-state index in [9.17, 15) is 23.0 Å². The van der Waals surface area contributed by atoms with E-state index in [0.717, 1.165) is 27.2 Å². The number of aromatic hydroxyl groups is 2. The third-order valence-electron chi connectivity index (χ3n) is 6.15. The lowest BCUT2D eigenvalue weighted by molar-refractivity contribution is 0.432. The van der Waals surface area contributed by atoms with E-state index >= 15 is 0 Å². The average Bonchev–Trinajstić information content (AvgIpc) is 3.26. The number of benzene rings is 2. The number of hydrogen-bond acceptors (Lipinski definition) is 8. The van der Waals surface area contributed by atoms with Crippen LogP contribution in [-0.2, 0) is 29.5 Å². The van der Waals surface area contributed by atoms with E-state index in [0.29, 0.717) is 46.8 Å². The van der Waals surface area contributed by atoms with Crippen molar-refractivity contribution in [2.75, 3.05) is 30.0 Å². The van der Waals surface area contributed by atoms with Gasteiger partial charge in [0.15, 0.2) is 11.6 Å². The second kappa shape index (κ2) is 10.2. The molecule has 0 aliphatic carbocycles. The fraction of sp³-hybridized carbons (Fsp3) is 0.280. The zero-order valence-electron chi connectivity index (χ0n) is 20.9. The van der Waals surface area contributed by atoms with Gasteiger partial charge in [-0.2, -0.15) is 5.10 Å². The number of pyridine rings is 1. The number of phenolic OH excluding ortho intramolecular Hbond substituents is 2. The summed E-state index contributed by atoms with van der Waals surface area (Å²) < 4.78 is 39.8. The Morgan fingerprint density at radius 3 is 2.54 bits per heavy atom. The van der Waals surface area contributed by atoms with Crippen molar-refractivity contribution in [1.29, 1.82) is 0 Å². The molecule has 0 atom stereocenters. The van der Waals surface area contributed by atoms with Gasteiger partial charge in [-0.25, -0.2) is 17.8 Å². The third-order valence-corrected chi connectivity index (χ3v) is 7.34. The van der Waals surface area contributed by atoms with Crippen LogP contribution in [0, 0.1) is 5.82 Å². The number of aromatic nitrogens is 3. The van der Waals surface area contributed by atoms with Crippen molar-refractivity contribution in [3.8, 4) is 22.8 Å². The molecule has 0 amide bonds. The maximum absolute atomic E-state index is 14.3. The van der Waals surface area contributed by atoms with Gasteiger partial charge in [-0.3, -0.25) is 9.40 Å². The van der Waals surface area contributed by atoms with Crippen molar-refractivity contribution in [1.82, 2.24) is 20.5 Å². The Bertz CT molecular complexity index is 1570. The highest BCUT2D eigenvalue weighted by Crippen LogP contribution is 2.34. The zero-order valence-corrected chi connectivity index (χ0v) is 21.7. The fourth-order valence-corrected chi connectivity index (χ4v) is 4.69. The molecule has 0 saturated heterocycles. The molecule has 0 unspecified atom stereocenters. The van der Waals surface area contributed by atoms with E-state index in [1.807, 2.05) is 6.92 Å². The minimum Gasteiger partial charge on any atom is -0.508 e. The van der Waals surface area contributed by atoms with Gasteiger partial charge in [0.1, 0.15) is 11.6 Å². The predicted octanol–water partition coefficient (Wildman–Crippen LogP) is 3.46. The molecule has 2 aromatic heterocycles. The summed E-state index contributed by atoms with van der Waals surface area (Å²) in [6.07, 6.45) is 1.63. The molecule has 2 aromatic carbocycles. The summed E-state index contributed by atoms with van der Waals surface area (Å²) in [7, 11) is -0.359. The maximum atomic E-state index is 14.3. The van der Waals surface area contributed by atoms with Crippen LogP contribution in [0.5, 0.6) is 11.5 Å². The largest absolute Gasteiger partial charge is 0.508 e. The lowest BCUT2D eigenvalue weighted by atomic mass is 10.0. The molecule has 4 aromatic rings. The van der Waals surface area contributed by atoms with Crippen molar-refractivity contribution in [2.45, 2.75) is 26.4 Å². The molecule has 4 rings (SSSR count). The molecule has 37 heavy (non-hydrogen) atoms. The second-order valence-corrected chi connectivity index (χ2v) is 10.7. The van der Waals surface area contributed by atoms with Crippen LogP contribution in [0.15, 0.2) is 36.4 Å². The Morgan fingerprint density at radius 1 is 1.11 bits per heavy atom. The van der Waals surface area contributed by atoms with Crippen molar-refractivity contribution in [3.05, 3.63) is 59.0 Å². The molecule has 0 aliphatic heterocycles.